The van der Waals surface area contributed by atoms with Crippen LogP contribution in [0.2, 0.25) is 0 Å². The van der Waals surface area contributed by atoms with Crippen LogP contribution in [0.5, 0.6) is 0 Å². The van der Waals surface area contributed by atoms with Gasteiger partial charge in [-0.1, -0.05) is 19.0 Å². The Kier molecular flexibility index (Phi) is 2.52. The molecule has 0 saturated heterocycles. The van der Waals surface area contributed by atoms with Crippen molar-refractivity contribution in [1.29, 1.82) is 0 Å². The summed E-state index contributed by atoms with van der Waals surface area (Å²) in [6, 6.07) is 1.94. The molecule has 0 aliphatic carbocycles. The molecule has 0 bridgehead atoms. The van der Waals surface area contributed by atoms with Crippen molar-refractivity contribution in [2.75, 3.05) is 13.7 Å². The normalized spacial score (nSPS) is 12.0. The highest BCUT2D eigenvalue weighted by Gasteiger charge is 2.24. The maximum absolute atomic E-state index is 5.15. The number of rotatable bonds is 3. The molecule has 0 N–H and O–H groups in total. The summed E-state index contributed by atoms with van der Waals surface area (Å²) in [5.41, 5.74) is 0.824. The molecule has 12 heavy (non-hydrogen) atoms. The maximum Gasteiger partial charge on any atom is 0.144 e. The summed E-state index contributed by atoms with van der Waals surface area (Å²) in [5.74, 6) is 0.877. The van der Waals surface area contributed by atoms with Crippen LogP contribution in [0.15, 0.2) is 10.6 Å². The molecule has 3 nitrogen and oxygen atoms in total. The van der Waals surface area contributed by atoms with Crippen molar-refractivity contribution < 1.29 is 9.26 Å². The van der Waals surface area contributed by atoms with Crippen LogP contribution < -0.4 is 0 Å². The highest BCUT2D eigenvalue weighted by molar-refractivity contribution is 5.13. The second-order valence-corrected chi connectivity index (χ2v) is 3.65. The molecule has 0 atom stereocenters. The van der Waals surface area contributed by atoms with Gasteiger partial charge in [-0.15, -0.1) is 0 Å². The Labute approximate surface area is 72.7 Å². The number of hydrogen-bond acceptors (Lipinski definition) is 3. The fourth-order valence-electron chi connectivity index (χ4n) is 1.11. The predicted octanol–water partition coefficient (Wildman–Crippen LogP) is 1.91. The van der Waals surface area contributed by atoms with Crippen LogP contribution in [-0.4, -0.2) is 18.9 Å². The topological polar surface area (TPSA) is 35.3 Å². The molecule has 1 aromatic rings. The zero-order valence-corrected chi connectivity index (χ0v) is 8.05. The average Bonchev–Trinajstić information content (AvgIpc) is 2.36. The van der Waals surface area contributed by atoms with Gasteiger partial charge in [-0.05, 0) is 6.92 Å². The van der Waals surface area contributed by atoms with Gasteiger partial charge in [0, 0.05) is 18.6 Å². The van der Waals surface area contributed by atoms with E-state index in [-0.39, 0.29) is 5.41 Å². The van der Waals surface area contributed by atoms with Crippen LogP contribution in [0.1, 0.15) is 25.3 Å². The SMILES string of the molecule is COCC(C)(C)c1cc(C)no1. The van der Waals surface area contributed by atoms with E-state index in [1.54, 1.807) is 7.11 Å². The molecule has 0 aromatic carbocycles. The summed E-state index contributed by atoms with van der Waals surface area (Å²) < 4.78 is 10.2. The third-order valence-electron chi connectivity index (χ3n) is 1.80. The lowest BCUT2D eigenvalue weighted by molar-refractivity contribution is 0.129. The minimum Gasteiger partial charge on any atom is -0.384 e. The first-order chi connectivity index (χ1) is 5.56. The molecule has 0 saturated carbocycles. The number of ether oxygens (including phenoxy) is 1. The Morgan fingerprint density at radius 1 is 1.58 bits per heavy atom. The molecule has 0 unspecified atom stereocenters. The average molecular weight is 169 g/mol. The Bertz CT molecular complexity index is 253. The van der Waals surface area contributed by atoms with Crippen LogP contribution in [0.4, 0.5) is 0 Å². The summed E-state index contributed by atoms with van der Waals surface area (Å²) in [6.07, 6.45) is 0. The molecule has 3 heteroatoms. The fourth-order valence-corrected chi connectivity index (χ4v) is 1.11. The van der Waals surface area contributed by atoms with Crippen LogP contribution >= 0.6 is 0 Å². The van der Waals surface area contributed by atoms with Crippen LogP contribution in [0, 0.1) is 6.92 Å². The number of methoxy groups -OCH3 is 1. The van der Waals surface area contributed by atoms with E-state index in [9.17, 15) is 0 Å². The lowest BCUT2D eigenvalue weighted by atomic mass is 9.91. The minimum absolute atomic E-state index is 0.0873. The van der Waals surface area contributed by atoms with Gasteiger partial charge in [0.15, 0.2) is 0 Å². The summed E-state index contributed by atoms with van der Waals surface area (Å²) in [6.45, 7) is 6.68. The smallest absolute Gasteiger partial charge is 0.144 e. The first kappa shape index (κ1) is 9.26. The van der Waals surface area contributed by atoms with Gasteiger partial charge in [0.25, 0.3) is 0 Å². The van der Waals surface area contributed by atoms with E-state index in [2.05, 4.69) is 19.0 Å². The van der Waals surface area contributed by atoms with E-state index in [1.165, 1.54) is 0 Å². The highest BCUT2D eigenvalue weighted by Crippen LogP contribution is 2.23. The van der Waals surface area contributed by atoms with Crippen molar-refractivity contribution >= 4 is 0 Å². The van der Waals surface area contributed by atoms with Gasteiger partial charge < -0.3 is 9.26 Å². The van der Waals surface area contributed by atoms with Crippen LogP contribution in [0.25, 0.3) is 0 Å². The zero-order valence-electron chi connectivity index (χ0n) is 8.05. The number of aryl methyl sites for hydroxylation is 1. The van der Waals surface area contributed by atoms with Gasteiger partial charge in [-0.3, -0.25) is 0 Å². The van der Waals surface area contributed by atoms with E-state index in [0.717, 1.165) is 11.5 Å². The number of aromatic nitrogens is 1. The number of hydrogen-bond donors (Lipinski definition) is 0. The molecule has 0 fully saturated rings. The largest absolute Gasteiger partial charge is 0.384 e. The quantitative estimate of drug-likeness (QED) is 0.693. The molecule has 0 aliphatic heterocycles. The maximum atomic E-state index is 5.15. The lowest BCUT2D eigenvalue weighted by Gasteiger charge is -2.19. The van der Waals surface area contributed by atoms with Crippen molar-refractivity contribution in [3.8, 4) is 0 Å². The van der Waals surface area contributed by atoms with E-state index < -0.39 is 0 Å². The molecule has 1 aromatic heterocycles. The van der Waals surface area contributed by atoms with Gasteiger partial charge in [0.1, 0.15) is 5.76 Å². The van der Waals surface area contributed by atoms with Crippen molar-refractivity contribution in [3.63, 3.8) is 0 Å². The van der Waals surface area contributed by atoms with Crippen molar-refractivity contribution in [2.24, 2.45) is 0 Å². The van der Waals surface area contributed by atoms with E-state index in [4.69, 9.17) is 9.26 Å². The molecule has 1 rings (SSSR count). The zero-order chi connectivity index (χ0) is 9.19. The standard InChI is InChI=1S/C9H15NO2/c1-7-5-8(12-10-7)9(2,3)6-11-4/h5H,6H2,1-4H3. The van der Waals surface area contributed by atoms with E-state index >= 15 is 0 Å². The highest BCUT2D eigenvalue weighted by atomic mass is 16.5. The van der Waals surface area contributed by atoms with Crippen molar-refractivity contribution in [3.05, 3.63) is 17.5 Å². The summed E-state index contributed by atoms with van der Waals surface area (Å²) in [4.78, 5) is 0. The second-order valence-electron chi connectivity index (χ2n) is 3.65. The first-order valence-corrected chi connectivity index (χ1v) is 3.99. The molecular weight excluding hydrogens is 154 g/mol. The summed E-state index contributed by atoms with van der Waals surface area (Å²) in [5, 5.41) is 3.83. The van der Waals surface area contributed by atoms with Crippen molar-refractivity contribution in [1.82, 2.24) is 5.16 Å². The van der Waals surface area contributed by atoms with E-state index in [1.807, 2.05) is 13.0 Å². The molecule has 0 aliphatic rings. The van der Waals surface area contributed by atoms with Gasteiger partial charge in [0.05, 0.1) is 12.3 Å². The molecule has 0 amide bonds. The van der Waals surface area contributed by atoms with Crippen LogP contribution in [-0.2, 0) is 10.2 Å². The summed E-state index contributed by atoms with van der Waals surface area (Å²) in [7, 11) is 1.69. The number of nitrogens with zero attached hydrogens (tertiary/aromatic N) is 1. The fraction of sp³-hybridized carbons (Fsp3) is 0.667. The Morgan fingerprint density at radius 2 is 2.25 bits per heavy atom. The lowest BCUT2D eigenvalue weighted by Crippen LogP contribution is -2.22. The van der Waals surface area contributed by atoms with E-state index in [0.29, 0.717) is 6.61 Å². The Morgan fingerprint density at radius 3 is 2.67 bits per heavy atom. The molecule has 0 spiro atoms. The van der Waals surface area contributed by atoms with Gasteiger partial charge in [0.2, 0.25) is 0 Å². The third-order valence-corrected chi connectivity index (χ3v) is 1.80. The van der Waals surface area contributed by atoms with Gasteiger partial charge >= 0.3 is 0 Å². The van der Waals surface area contributed by atoms with Gasteiger partial charge in [-0.2, -0.15) is 0 Å². The molecule has 0 radical (unpaired) electrons. The van der Waals surface area contributed by atoms with Crippen LogP contribution in [0.3, 0.4) is 0 Å². The van der Waals surface area contributed by atoms with Crippen molar-refractivity contribution in [2.45, 2.75) is 26.2 Å². The predicted molar refractivity (Wildman–Crippen MR) is 46.1 cm³/mol. The Hall–Kier alpha value is -0.830. The van der Waals surface area contributed by atoms with Gasteiger partial charge in [-0.25, -0.2) is 0 Å². The molecule has 68 valence electrons. The Balaban J connectivity index is 2.81. The third kappa shape index (κ3) is 1.85. The first-order valence-electron chi connectivity index (χ1n) is 3.99. The summed E-state index contributed by atoms with van der Waals surface area (Å²) >= 11 is 0. The monoisotopic (exact) mass is 169 g/mol. The molecular formula is C9H15NO2. The molecule has 1 heterocycles. The minimum atomic E-state index is -0.0873. The second kappa shape index (κ2) is 3.27.